The van der Waals surface area contributed by atoms with E-state index in [-0.39, 0.29) is 30.4 Å². The third kappa shape index (κ3) is 6.04. The summed E-state index contributed by atoms with van der Waals surface area (Å²) in [5.74, 6) is -0.790. The first-order valence-electron chi connectivity index (χ1n) is 9.49. The SMILES string of the molecule is CC[NH+](CC(=O)Nc1sc2c(c1C(N)=O)CCCC2)CC(=O)NC(C)(C)C. The molecule has 1 aliphatic carbocycles. The normalized spacial score (nSPS) is 15.0. The molecule has 1 atom stereocenters. The molecular weight excluding hydrogens is 364 g/mol. The van der Waals surface area contributed by atoms with Crippen molar-refractivity contribution >= 4 is 34.1 Å². The Balaban J connectivity index is 2.03. The second kappa shape index (κ2) is 8.84. The highest BCUT2D eigenvalue weighted by molar-refractivity contribution is 7.17. The van der Waals surface area contributed by atoms with Gasteiger partial charge in [-0.3, -0.25) is 14.4 Å². The van der Waals surface area contributed by atoms with Crippen LogP contribution in [0.3, 0.4) is 0 Å². The monoisotopic (exact) mass is 395 g/mol. The standard InChI is InChI=1S/C19H30N4O3S/c1-5-23(11-15(25)22-19(2,3)4)10-14(24)21-18-16(17(20)26)12-8-6-7-9-13(12)27-18/h5-11H2,1-4H3,(H2,20,26)(H,21,24)(H,22,25)/p+1. The molecule has 3 amide bonds. The quantitative estimate of drug-likeness (QED) is 0.540. The molecule has 0 spiro atoms. The van der Waals surface area contributed by atoms with Gasteiger partial charge in [-0.25, -0.2) is 0 Å². The maximum Gasteiger partial charge on any atom is 0.280 e. The maximum atomic E-state index is 12.5. The van der Waals surface area contributed by atoms with Crippen LogP contribution in [0.25, 0.3) is 0 Å². The van der Waals surface area contributed by atoms with Crippen LogP contribution in [0.2, 0.25) is 0 Å². The zero-order valence-corrected chi connectivity index (χ0v) is 17.5. The summed E-state index contributed by atoms with van der Waals surface area (Å²) in [5, 5.41) is 6.32. The van der Waals surface area contributed by atoms with Crippen molar-refractivity contribution in [3.05, 3.63) is 16.0 Å². The lowest BCUT2D eigenvalue weighted by Crippen LogP contribution is -3.14. The Morgan fingerprint density at radius 1 is 1.11 bits per heavy atom. The molecule has 5 N–H and O–H groups in total. The van der Waals surface area contributed by atoms with Crippen molar-refractivity contribution in [1.29, 1.82) is 0 Å². The minimum atomic E-state index is -0.492. The predicted octanol–water partition coefficient (Wildman–Crippen LogP) is 0.484. The predicted molar refractivity (Wildman–Crippen MR) is 107 cm³/mol. The van der Waals surface area contributed by atoms with Gasteiger partial charge in [-0.1, -0.05) is 0 Å². The number of anilines is 1. The minimum absolute atomic E-state index is 0.0865. The molecule has 0 bridgehead atoms. The highest BCUT2D eigenvalue weighted by atomic mass is 32.1. The first-order chi connectivity index (χ1) is 12.6. The lowest BCUT2D eigenvalue weighted by atomic mass is 9.95. The Morgan fingerprint density at radius 2 is 1.74 bits per heavy atom. The van der Waals surface area contributed by atoms with Gasteiger partial charge in [-0.15, -0.1) is 11.3 Å². The highest BCUT2D eigenvalue weighted by Crippen LogP contribution is 2.37. The van der Waals surface area contributed by atoms with Crippen LogP contribution in [-0.2, 0) is 22.4 Å². The van der Waals surface area contributed by atoms with Gasteiger partial charge in [0.25, 0.3) is 17.7 Å². The number of fused-ring (bicyclic) bond motifs is 1. The van der Waals surface area contributed by atoms with E-state index in [1.165, 1.54) is 11.3 Å². The van der Waals surface area contributed by atoms with Crippen LogP contribution in [0.1, 0.15) is 61.3 Å². The molecule has 2 rings (SSSR count). The summed E-state index contributed by atoms with van der Waals surface area (Å²) in [6.07, 6.45) is 3.89. The van der Waals surface area contributed by atoms with E-state index in [0.29, 0.717) is 17.1 Å². The number of rotatable bonds is 7. The highest BCUT2D eigenvalue weighted by Gasteiger charge is 2.26. The molecule has 1 aromatic rings. The number of aryl methyl sites for hydroxylation is 1. The van der Waals surface area contributed by atoms with Crippen molar-refractivity contribution in [3.8, 4) is 0 Å². The third-order valence-corrected chi connectivity index (χ3v) is 5.71. The minimum Gasteiger partial charge on any atom is -0.365 e. The van der Waals surface area contributed by atoms with Gasteiger partial charge in [0.2, 0.25) is 0 Å². The molecule has 0 saturated carbocycles. The number of nitrogens with two attached hydrogens (primary N) is 1. The van der Waals surface area contributed by atoms with Gasteiger partial charge in [-0.2, -0.15) is 0 Å². The molecule has 1 unspecified atom stereocenters. The van der Waals surface area contributed by atoms with Crippen molar-refractivity contribution in [3.63, 3.8) is 0 Å². The van der Waals surface area contributed by atoms with E-state index in [0.717, 1.165) is 41.0 Å². The summed E-state index contributed by atoms with van der Waals surface area (Å²) in [4.78, 5) is 38.6. The smallest absolute Gasteiger partial charge is 0.280 e. The lowest BCUT2D eigenvalue weighted by molar-refractivity contribution is -0.881. The summed E-state index contributed by atoms with van der Waals surface area (Å²) in [6, 6.07) is 0. The average molecular weight is 396 g/mol. The van der Waals surface area contributed by atoms with Crippen LogP contribution < -0.4 is 21.3 Å². The number of nitrogens with one attached hydrogen (secondary N) is 3. The third-order valence-electron chi connectivity index (χ3n) is 4.51. The number of hydrogen-bond donors (Lipinski definition) is 4. The fourth-order valence-electron chi connectivity index (χ4n) is 3.31. The van der Waals surface area contributed by atoms with Crippen molar-refractivity contribution in [2.75, 3.05) is 25.0 Å². The Labute approximate surface area is 164 Å². The zero-order chi connectivity index (χ0) is 20.2. The second-order valence-electron chi connectivity index (χ2n) is 8.08. The fourth-order valence-corrected chi connectivity index (χ4v) is 4.63. The fraction of sp³-hybridized carbons (Fsp3) is 0.632. The average Bonchev–Trinajstić information content (AvgIpc) is 2.89. The largest absolute Gasteiger partial charge is 0.365 e. The van der Waals surface area contributed by atoms with Crippen LogP contribution >= 0.6 is 11.3 Å². The molecular formula is C19H31N4O3S+. The van der Waals surface area contributed by atoms with Crippen molar-refractivity contribution in [2.45, 2.75) is 58.9 Å². The number of primary amides is 1. The van der Waals surface area contributed by atoms with Crippen molar-refractivity contribution in [2.24, 2.45) is 5.73 Å². The van der Waals surface area contributed by atoms with E-state index in [2.05, 4.69) is 10.6 Å². The van der Waals surface area contributed by atoms with Gasteiger partial charge < -0.3 is 21.3 Å². The van der Waals surface area contributed by atoms with Gasteiger partial charge in [-0.05, 0) is 58.9 Å². The van der Waals surface area contributed by atoms with Gasteiger partial charge in [0.1, 0.15) is 5.00 Å². The van der Waals surface area contributed by atoms with Gasteiger partial charge in [0.15, 0.2) is 13.1 Å². The molecule has 1 heterocycles. The molecule has 27 heavy (non-hydrogen) atoms. The summed E-state index contributed by atoms with van der Waals surface area (Å²) in [7, 11) is 0. The van der Waals surface area contributed by atoms with Gasteiger partial charge in [0.05, 0.1) is 12.1 Å². The number of amides is 3. The van der Waals surface area contributed by atoms with E-state index >= 15 is 0 Å². The summed E-state index contributed by atoms with van der Waals surface area (Å²) >= 11 is 1.45. The molecule has 1 aromatic heterocycles. The van der Waals surface area contributed by atoms with Crippen LogP contribution in [0.5, 0.6) is 0 Å². The lowest BCUT2D eigenvalue weighted by Gasteiger charge is -2.23. The van der Waals surface area contributed by atoms with Crippen LogP contribution in [-0.4, -0.2) is 42.9 Å². The second-order valence-corrected chi connectivity index (χ2v) is 9.19. The summed E-state index contributed by atoms with van der Waals surface area (Å²) in [5.41, 5.74) is 6.73. The zero-order valence-electron chi connectivity index (χ0n) is 16.7. The Kier molecular flexibility index (Phi) is 7.00. The van der Waals surface area contributed by atoms with Gasteiger partial charge in [0, 0.05) is 10.4 Å². The Hall–Kier alpha value is -1.93. The molecule has 0 fully saturated rings. The number of hydrogen-bond acceptors (Lipinski definition) is 4. The summed E-state index contributed by atoms with van der Waals surface area (Å²) in [6.45, 7) is 8.74. The first kappa shape index (κ1) is 21.4. The number of likely N-dealkylation sites (N-methyl/N-ethyl adjacent to an activating group) is 1. The number of quaternary nitrogens is 1. The van der Waals surface area contributed by atoms with Crippen LogP contribution in [0.15, 0.2) is 0 Å². The number of carbonyl (C=O) groups excluding carboxylic acids is 3. The Morgan fingerprint density at radius 3 is 2.33 bits per heavy atom. The Bertz CT molecular complexity index is 721. The maximum absolute atomic E-state index is 12.5. The number of thiophene rings is 1. The van der Waals surface area contributed by atoms with E-state index in [1.54, 1.807) is 0 Å². The van der Waals surface area contributed by atoms with E-state index < -0.39 is 5.91 Å². The first-order valence-corrected chi connectivity index (χ1v) is 10.3. The molecule has 7 nitrogen and oxygen atoms in total. The molecule has 0 aliphatic heterocycles. The number of carbonyl (C=O) groups is 3. The molecule has 150 valence electrons. The van der Waals surface area contributed by atoms with E-state index in [4.69, 9.17) is 5.73 Å². The van der Waals surface area contributed by atoms with Crippen molar-refractivity contribution in [1.82, 2.24) is 5.32 Å². The molecule has 1 aliphatic rings. The van der Waals surface area contributed by atoms with E-state index in [1.807, 2.05) is 27.7 Å². The van der Waals surface area contributed by atoms with Crippen LogP contribution in [0, 0.1) is 0 Å². The molecule has 0 aromatic carbocycles. The molecule has 0 saturated heterocycles. The van der Waals surface area contributed by atoms with Crippen molar-refractivity contribution < 1.29 is 19.3 Å². The molecule has 0 radical (unpaired) electrons. The van der Waals surface area contributed by atoms with E-state index in [9.17, 15) is 14.4 Å². The van der Waals surface area contributed by atoms with Gasteiger partial charge >= 0.3 is 0 Å². The topological polar surface area (TPSA) is 106 Å². The summed E-state index contributed by atoms with van der Waals surface area (Å²) < 4.78 is 0. The molecule has 8 heteroatoms. The van der Waals surface area contributed by atoms with Crippen LogP contribution in [0.4, 0.5) is 5.00 Å².